The molecule has 0 bridgehead atoms. The summed E-state index contributed by atoms with van der Waals surface area (Å²) < 4.78 is 0. The Morgan fingerprint density at radius 2 is 2.16 bits per heavy atom. The molecule has 1 amide bonds. The van der Waals surface area contributed by atoms with Crippen molar-refractivity contribution >= 4 is 12.0 Å². The number of hydroxylamine groups is 1. The van der Waals surface area contributed by atoms with Crippen LogP contribution in [-0.4, -0.2) is 17.7 Å². The largest absolute Gasteiger partial charge is 0.310 e. The van der Waals surface area contributed by atoms with Gasteiger partial charge in [0.2, 0.25) is 0 Å². The number of amides is 1. The van der Waals surface area contributed by atoms with Crippen molar-refractivity contribution in [1.82, 2.24) is 10.8 Å². The number of nitrogens with one attached hydrogen (secondary N) is 2. The average Bonchev–Trinajstić information content (AvgIpc) is 3.02. The normalized spacial score (nSPS) is 16.2. The minimum atomic E-state index is -0.517. The van der Waals surface area contributed by atoms with Crippen molar-refractivity contribution in [3.63, 3.8) is 0 Å². The molecular weight excluding hydrogens is 312 g/mol. The topological polar surface area (TPSA) is 61.4 Å². The zero-order valence-electron chi connectivity index (χ0n) is 14.5. The lowest BCUT2D eigenvalue weighted by atomic mass is 10.0. The Kier molecular flexibility index (Phi) is 5.64. The van der Waals surface area contributed by atoms with Crippen LogP contribution in [-0.2, 0) is 17.6 Å². The van der Waals surface area contributed by atoms with Crippen molar-refractivity contribution in [2.45, 2.75) is 32.2 Å². The summed E-state index contributed by atoms with van der Waals surface area (Å²) in [5.41, 5.74) is 7.93. The van der Waals surface area contributed by atoms with Gasteiger partial charge in [-0.3, -0.25) is 10.0 Å². The molecule has 1 atom stereocenters. The Morgan fingerprint density at radius 3 is 2.96 bits per heavy atom. The first-order valence-electron chi connectivity index (χ1n) is 8.69. The van der Waals surface area contributed by atoms with Crippen LogP contribution in [0.15, 0.2) is 48.5 Å². The van der Waals surface area contributed by atoms with E-state index in [-0.39, 0.29) is 0 Å². The van der Waals surface area contributed by atoms with E-state index in [1.165, 1.54) is 28.3 Å². The summed E-state index contributed by atoms with van der Waals surface area (Å²) in [5.74, 6) is -0.517. The Labute approximate surface area is 148 Å². The lowest BCUT2D eigenvalue weighted by Crippen LogP contribution is -2.21. The van der Waals surface area contributed by atoms with Crippen molar-refractivity contribution in [2.24, 2.45) is 0 Å². The van der Waals surface area contributed by atoms with E-state index in [0.717, 1.165) is 31.4 Å². The van der Waals surface area contributed by atoms with Crippen LogP contribution in [0.4, 0.5) is 0 Å². The zero-order chi connectivity index (χ0) is 17.6. The van der Waals surface area contributed by atoms with Gasteiger partial charge >= 0.3 is 0 Å². The van der Waals surface area contributed by atoms with Crippen molar-refractivity contribution in [1.29, 1.82) is 0 Å². The highest BCUT2D eigenvalue weighted by Crippen LogP contribution is 2.32. The molecule has 2 aromatic rings. The van der Waals surface area contributed by atoms with Gasteiger partial charge < -0.3 is 5.32 Å². The number of carbonyl (C=O) groups is 1. The second kappa shape index (κ2) is 8.10. The number of aryl methyl sites for hydroxylation is 2. The summed E-state index contributed by atoms with van der Waals surface area (Å²) in [4.78, 5) is 11.1. The third-order valence-electron chi connectivity index (χ3n) is 4.67. The Bertz CT molecular complexity index is 783. The van der Waals surface area contributed by atoms with E-state index >= 15 is 0 Å². The van der Waals surface area contributed by atoms with E-state index in [0.29, 0.717) is 6.04 Å². The predicted octanol–water partition coefficient (Wildman–Crippen LogP) is 3.33. The van der Waals surface area contributed by atoms with E-state index in [1.807, 2.05) is 6.07 Å². The molecule has 1 aliphatic rings. The lowest BCUT2D eigenvalue weighted by molar-refractivity contribution is -0.124. The number of hydrogen-bond acceptors (Lipinski definition) is 3. The van der Waals surface area contributed by atoms with Gasteiger partial charge in [0, 0.05) is 12.1 Å². The standard InChI is InChI=1S/C21H24N2O2/c1-15-3-2-4-16(13-15)11-12-22-20-9-7-18-14-17(5-8-19(18)20)6-10-21(24)23-25/h2-6,8,10,13-14,20,22,25H,7,9,11-12H2,1H3,(H,23,24)/b10-6+. The number of hydrogen-bond donors (Lipinski definition) is 3. The van der Waals surface area contributed by atoms with Gasteiger partial charge in [-0.25, -0.2) is 5.48 Å². The Hall–Kier alpha value is -2.43. The van der Waals surface area contributed by atoms with Gasteiger partial charge in [0.25, 0.3) is 5.91 Å². The molecular formula is C21H24N2O2. The molecule has 0 aliphatic heterocycles. The molecule has 0 fully saturated rings. The summed E-state index contributed by atoms with van der Waals surface area (Å²) in [6, 6.07) is 15.3. The maximum absolute atomic E-state index is 11.1. The monoisotopic (exact) mass is 336 g/mol. The minimum absolute atomic E-state index is 0.401. The van der Waals surface area contributed by atoms with E-state index in [2.05, 4.69) is 48.6 Å². The minimum Gasteiger partial charge on any atom is -0.310 e. The van der Waals surface area contributed by atoms with Crippen LogP contribution < -0.4 is 10.8 Å². The maximum Gasteiger partial charge on any atom is 0.267 e. The van der Waals surface area contributed by atoms with E-state index in [1.54, 1.807) is 11.6 Å². The molecule has 0 saturated heterocycles. The van der Waals surface area contributed by atoms with Gasteiger partial charge in [-0.15, -0.1) is 0 Å². The third-order valence-corrected chi connectivity index (χ3v) is 4.67. The number of benzene rings is 2. The zero-order valence-corrected chi connectivity index (χ0v) is 14.5. The second-order valence-corrected chi connectivity index (χ2v) is 6.55. The van der Waals surface area contributed by atoms with Crippen molar-refractivity contribution in [3.05, 3.63) is 76.4 Å². The van der Waals surface area contributed by atoms with Gasteiger partial charge in [-0.05, 0) is 61.1 Å². The molecule has 0 spiro atoms. The second-order valence-electron chi connectivity index (χ2n) is 6.55. The number of rotatable bonds is 6. The van der Waals surface area contributed by atoms with Gasteiger partial charge in [-0.2, -0.15) is 0 Å². The molecule has 0 saturated carbocycles. The summed E-state index contributed by atoms with van der Waals surface area (Å²) in [6.07, 6.45) is 6.22. The first-order valence-corrected chi connectivity index (χ1v) is 8.69. The quantitative estimate of drug-likeness (QED) is 0.431. The third kappa shape index (κ3) is 4.56. The van der Waals surface area contributed by atoms with Crippen LogP contribution in [0.1, 0.15) is 40.3 Å². The fourth-order valence-corrected chi connectivity index (χ4v) is 3.42. The maximum atomic E-state index is 11.1. The van der Waals surface area contributed by atoms with Gasteiger partial charge in [0.1, 0.15) is 0 Å². The van der Waals surface area contributed by atoms with Crippen LogP contribution in [0.5, 0.6) is 0 Å². The van der Waals surface area contributed by atoms with Crippen molar-refractivity contribution < 1.29 is 10.0 Å². The highest BCUT2D eigenvalue weighted by molar-refractivity contribution is 5.90. The van der Waals surface area contributed by atoms with Crippen LogP contribution in [0.3, 0.4) is 0 Å². The molecule has 130 valence electrons. The lowest BCUT2D eigenvalue weighted by Gasteiger charge is -2.14. The first-order chi connectivity index (χ1) is 12.2. The molecule has 1 aliphatic carbocycles. The van der Waals surface area contributed by atoms with Crippen LogP contribution in [0.2, 0.25) is 0 Å². The highest BCUT2D eigenvalue weighted by atomic mass is 16.5. The molecule has 25 heavy (non-hydrogen) atoms. The Balaban J connectivity index is 1.58. The van der Waals surface area contributed by atoms with Crippen LogP contribution >= 0.6 is 0 Å². The number of carbonyl (C=O) groups excluding carboxylic acids is 1. The summed E-state index contributed by atoms with van der Waals surface area (Å²) in [7, 11) is 0. The van der Waals surface area contributed by atoms with Crippen molar-refractivity contribution in [2.75, 3.05) is 6.54 Å². The first kappa shape index (κ1) is 17.4. The van der Waals surface area contributed by atoms with Gasteiger partial charge in [0.15, 0.2) is 0 Å². The molecule has 0 aromatic heterocycles. The fraction of sp³-hybridized carbons (Fsp3) is 0.286. The van der Waals surface area contributed by atoms with E-state index < -0.39 is 5.91 Å². The SMILES string of the molecule is Cc1cccc(CCNC2CCc3cc(/C=C/C(=O)NO)ccc32)c1. The fourth-order valence-electron chi connectivity index (χ4n) is 3.42. The predicted molar refractivity (Wildman–Crippen MR) is 99.4 cm³/mol. The summed E-state index contributed by atoms with van der Waals surface area (Å²) >= 11 is 0. The van der Waals surface area contributed by atoms with E-state index in [9.17, 15) is 4.79 Å². The van der Waals surface area contributed by atoms with Gasteiger partial charge in [0.05, 0.1) is 0 Å². The van der Waals surface area contributed by atoms with Crippen LogP contribution in [0.25, 0.3) is 6.08 Å². The molecule has 0 radical (unpaired) electrons. The Morgan fingerprint density at radius 1 is 1.28 bits per heavy atom. The summed E-state index contributed by atoms with van der Waals surface area (Å²) in [5, 5.41) is 12.2. The van der Waals surface area contributed by atoms with Crippen LogP contribution in [0, 0.1) is 6.92 Å². The molecule has 1 unspecified atom stereocenters. The average molecular weight is 336 g/mol. The highest BCUT2D eigenvalue weighted by Gasteiger charge is 2.21. The van der Waals surface area contributed by atoms with E-state index in [4.69, 9.17) is 5.21 Å². The summed E-state index contributed by atoms with van der Waals surface area (Å²) in [6.45, 7) is 3.09. The van der Waals surface area contributed by atoms with Crippen molar-refractivity contribution in [3.8, 4) is 0 Å². The van der Waals surface area contributed by atoms with Gasteiger partial charge in [-0.1, -0.05) is 48.0 Å². The molecule has 3 rings (SSSR count). The molecule has 3 N–H and O–H groups in total. The molecule has 2 aromatic carbocycles. The smallest absolute Gasteiger partial charge is 0.267 e. The number of fused-ring (bicyclic) bond motifs is 1. The molecule has 4 nitrogen and oxygen atoms in total. The molecule has 4 heteroatoms. The molecule has 0 heterocycles.